The number of anilines is 1. The lowest BCUT2D eigenvalue weighted by molar-refractivity contribution is 0.282. The van der Waals surface area contributed by atoms with Crippen molar-refractivity contribution in [2.24, 2.45) is 0 Å². The van der Waals surface area contributed by atoms with Gasteiger partial charge in [-0.05, 0) is 18.2 Å². The van der Waals surface area contributed by atoms with Gasteiger partial charge in [0, 0.05) is 11.8 Å². The average molecular weight is 204 g/mol. The summed E-state index contributed by atoms with van der Waals surface area (Å²) in [5.74, 6) is 1.53. The van der Waals surface area contributed by atoms with Crippen LogP contribution < -0.4 is 5.32 Å². The Bertz CT molecular complexity index is 412. The minimum Gasteiger partial charge on any atom is -0.467 e. The number of aliphatic hydroxyl groups excluding tert-OH is 1. The van der Waals surface area contributed by atoms with Gasteiger partial charge in [-0.2, -0.15) is 0 Å². The van der Waals surface area contributed by atoms with E-state index in [1.165, 1.54) is 0 Å². The molecule has 2 heterocycles. The Balaban J connectivity index is 2.04. The minimum absolute atomic E-state index is 0.0195. The number of furan rings is 1. The summed E-state index contributed by atoms with van der Waals surface area (Å²) < 4.78 is 5.18. The number of nitrogens with one attached hydrogen (secondary N) is 1. The molecule has 0 unspecified atom stereocenters. The molecular formula is C11H12N2O2. The summed E-state index contributed by atoms with van der Waals surface area (Å²) in [5.41, 5.74) is 0.782. The van der Waals surface area contributed by atoms with Gasteiger partial charge in [-0.3, -0.25) is 0 Å². The largest absolute Gasteiger partial charge is 0.467 e. The lowest BCUT2D eigenvalue weighted by atomic mass is 10.2. The van der Waals surface area contributed by atoms with Crippen molar-refractivity contribution in [1.82, 2.24) is 4.98 Å². The molecule has 2 rings (SSSR count). The molecule has 0 aliphatic carbocycles. The van der Waals surface area contributed by atoms with Crippen LogP contribution in [0.4, 0.5) is 5.82 Å². The fourth-order valence-electron chi connectivity index (χ4n) is 1.31. The summed E-state index contributed by atoms with van der Waals surface area (Å²) in [6, 6.07) is 7.35. The summed E-state index contributed by atoms with van der Waals surface area (Å²) in [7, 11) is 0. The van der Waals surface area contributed by atoms with Crippen LogP contribution in [0.15, 0.2) is 41.1 Å². The van der Waals surface area contributed by atoms with Crippen molar-refractivity contribution in [3.05, 3.63) is 48.0 Å². The SMILES string of the molecule is OCc1cccnc1NCc1ccco1. The van der Waals surface area contributed by atoms with Crippen LogP contribution in [0.25, 0.3) is 0 Å². The summed E-state index contributed by atoms with van der Waals surface area (Å²) in [5, 5.41) is 12.2. The number of hydrogen-bond donors (Lipinski definition) is 2. The number of nitrogens with zero attached hydrogens (tertiary/aromatic N) is 1. The Hall–Kier alpha value is -1.81. The fourth-order valence-corrected chi connectivity index (χ4v) is 1.31. The average Bonchev–Trinajstić information content (AvgIpc) is 2.79. The second kappa shape index (κ2) is 4.61. The molecule has 0 saturated heterocycles. The highest BCUT2D eigenvalue weighted by Gasteiger charge is 2.02. The second-order valence-electron chi connectivity index (χ2n) is 3.10. The first kappa shape index (κ1) is 9.73. The molecule has 4 nitrogen and oxygen atoms in total. The van der Waals surface area contributed by atoms with Gasteiger partial charge in [0.25, 0.3) is 0 Å². The van der Waals surface area contributed by atoms with E-state index in [-0.39, 0.29) is 6.61 Å². The van der Waals surface area contributed by atoms with Crippen molar-refractivity contribution < 1.29 is 9.52 Å². The van der Waals surface area contributed by atoms with E-state index in [2.05, 4.69) is 10.3 Å². The Morgan fingerprint density at radius 3 is 3.00 bits per heavy atom. The molecule has 0 atom stereocenters. The van der Waals surface area contributed by atoms with E-state index >= 15 is 0 Å². The highest BCUT2D eigenvalue weighted by Crippen LogP contribution is 2.12. The van der Waals surface area contributed by atoms with Gasteiger partial charge in [0.1, 0.15) is 11.6 Å². The highest BCUT2D eigenvalue weighted by atomic mass is 16.3. The van der Waals surface area contributed by atoms with Gasteiger partial charge < -0.3 is 14.8 Å². The molecule has 0 spiro atoms. The zero-order chi connectivity index (χ0) is 10.5. The minimum atomic E-state index is -0.0195. The van der Waals surface area contributed by atoms with Crippen LogP contribution in [-0.2, 0) is 13.2 Å². The van der Waals surface area contributed by atoms with Crippen LogP contribution in [0.1, 0.15) is 11.3 Å². The third kappa shape index (κ3) is 2.35. The van der Waals surface area contributed by atoms with E-state index in [1.54, 1.807) is 18.5 Å². The predicted molar refractivity (Wildman–Crippen MR) is 56.2 cm³/mol. The monoisotopic (exact) mass is 204 g/mol. The number of rotatable bonds is 4. The van der Waals surface area contributed by atoms with Crippen molar-refractivity contribution in [2.45, 2.75) is 13.2 Å². The first-order chi connectivity index (χ1) is 7.40. The second-order valence-corrected chi connectivity index (χ2v) is 3.10. The molecule has 0 saturated carbocycles. The van der Waals surface area contributed by atoms with Gasteiger partial charge in [0.2, 0.25) is 0 Å². The molecule has 2 N–H and O–H groups in total. The number of hydrogen-bond acceptors (Lipinski definition) is 4. The normalized spacial score (nSPS) is 10.2. The number of pyridine rings is 1. The highest BCUT2D eigenvalue weighted by molar-refractivity contribution is 5.43. The first-order valence-electron chi connectivity index (χ1n) is 4.71. The van der Waals surface area contributed by atoms with Crippen LogP contribution in [0, 0.1) is 0 Å². The molecule has 0 aliphatic rings. The van der Waals surface area contributed by atoms with Gasteiger partial charge in [-0.25, -0.2) is 4.98 Å². The van der Waals surface area contributed by atoms with E-state index < -0.39 is 0 Å². The van der Waals surface area contributed by atoms with Crippen LogP contribution in [-0.4, -0.2) is 10.1 Å². The van der Waals surface area contributed by atoms with Crippen molar-refractivity contribution in [2.75, 3.05) is 5.32 Å². The molecule has 0 aromatic carbocycles. The maximum Gasteiger partial charge on any atom is 0.131 e. The molecule has 2 aromatic rings. The van der Waals surface area contributed by atoms with Crippen molar-refractivity contribution in [3.63, 3.8) is 0 Å². The predicted octanol–water partition coefficient (Wildman–Crippen LogP) is 1.78. The zero-order valence-corrected chi connectivity index (χ0v) is 8.18. The molecule has 15 heavy (non-hydrogen) atoms. The van der Waals surface area contributed by atoms with E-state index in [0.29, 0.717) is 12.4 Å². The maximum atomic E-state index is 9.07. The van der Waals surface area contributed by atoms with Crippen LogP contribution in [0.3, 0.4) is 0 Å². The molecule has 0 radical (unpaired) electrons. The van der Waals surface area contributed by atoms with Crippen molar-refractivity contribution >= 4 is 5.82 Å². The fraction of sp³-hybridized carbons (Fsp3) is 0.182. The number of aromatic nitrogens is 1. The van der Waals surface area contributed by atoms with E-state index in [0.717, 1.165) is 11.3 Å². The van der Waals surface area contributed by atoms with Crippen LogP contribution in [0.5, 0.6) is 0 Å². The van der Waals surface area contributed by atoms with Gasteiger partial charge >= 0.3 is 0 Å². The molecule has 0 bridgehead atoms. The Morgan fingerprint density at radius 1 is 1.33 bits per heavy atom. The van der Waals surface area contributed by atoms with Gasteiger partial charge in [0.05, 0.1) is 19.4 Å². The van der Waals surface area contributed by atoms with E-state index in [9.17, 15) is 0 Å². The topological polar surface area (TPSA) is 58.3 Å². The Labute approximate surface area is 87.6 Å². The molecule has 4 heteroatoms. The summed E-state index contributed by atoms with van der Waals surface area (Å²) in [4.78, 5) is 4.14. The Morgan fingerprint density at radius 2 is 2.27 bits per heavy atom. The Kier molecular flexibility index (Phi) is 2.99. The number of aliphatic hydroxyl groups is 1. The van der Waals surface area contributed by atoms with Gasteiger partial charge in [-0.1, -0.05) is 6.07 Å². The quantitative estimate of drug-likeness (QED) is 0.797. The smallest absolute Gasteiger partial charge is 0.131 e. The molecular weight excluding hydrogens is 192 g/mol. The lowest BCUT2D eigenvalue weighted by Gasteiger charge is -2.07. The molecule has 0 aliphatic heterocycles. The van der Waals surface area contributed by atoms with E-state index in [1.807, 2.05) is 18.2 Å². The third-order valence-corrected chi connectivity index (χ3v) is 2.07. The molecule has 2 aromatic heterocycles. The maximum absolute atomic E-state index is 9.07. The summed E-state index contributed by atoms with van der Waals surface area (Å²) >= 11 is 0. The standard InChI is InChI=1S/C11H12N2O2/c14-8-9-3-1-5-12-11(9)13-7-10-4-2-6-15-10/h1-6,14H,7-8H2,(H,12,13). The molecule has 0 amide bonds. The molecule has 78 valence electrons. The zero-order valence-electron chi connectivity index (χ0n) is 8.18. The molecule has 0 fully saturated rings. The van der Waals surface area contributed by atoms with Crippen molar-refractivity contribution in [1.29, 1.82) is 0 Å². The third-order valence-electron chi connectivity index (χ3n) is 2.07. The van der Waals surface area contributed by atoms with Gasteiger partial charge in [-0.15, -0.1) is 0 Å². The summed E-state index contributed by atoms with van der Waals surface area (Å²) in [6.45, 7) is 0.547. The first-order valence-corrected chi connectivity index (χ1v) is 4.71. The lowest BCUT2D eigenvalue weighted by Crippen LogP contribution is -2.03. The van der Waals surface area contributed by atoms with Crippen LogP contribution in [0.2, 0.25) is 0 Å². The van der Waals surface area contributed by atoms with E-state index in [4.69, 9.17) is 9.52 Å². The van der Waals surface area contributed by atoms with Gasteiger partial charge in [0.15, 0.2) is 0 Å². The van der Waals surface area contributed by atoms with Crippen molar-refractivity contribution in [3.8, 4) is 0 Å². The van der Waals surface area contributed by atoms with Crippen LogP contribution >= 0.6 is 0 Å². The summed E-state index contributed by atoms with van der Waals surface area (Å²) in [6.07, 6.45) is 3.31.